The number of nitrogens with one attached hydrogen (secondary N) is 1. The summed E-state index contributed by atoms with van der Waals surface area (Å²) in [6.45, 7) is 3.57. The molecule has 0 saturated carbocycles. The Labute approximate surface area is 118 Å². The van der Waals surface area contributed by atoms with Crippen molar-refractivity contribution in [2.75, 3.05) is 39.0 Å². The van der Waals surface area contributed by atoms with Crippen LogP contribution in [-0.4, -0.2) is 49.8 Å². The third-order valence-electron chi connectivity index (χ3n) is 3.11. The molecule has 1 aromatic rings. The standard InChI is InChI=1S/C14H20N2O2S/c1-19-13-6-3-2-5-12(13)18-11-14(17)16-9-4-7-15-8-10-16/h2-3,5-6,15H,4,7-11H2,1H3. The minimum atomic E-state index is 0.0691. The van der Waals surface area contributed by atoms with E-state index < -0.39 is 0 Å². The summed E-state index contributed by atoms with van der Waals surface area (Å²) in [6, 6.07) is 7.81. The lowest BCUT2D eigenvalue weighted by Gasteiger charge is -2.20. The molecular formula is C14H20N2O2S. The molecule has 1 aliphatic heterocycles. The third kappa shape index (κ3) is 4.14. The van der Waals surface area contributed by atoms with E-state index in [-0.39, 0.29) is 12.5 Å². The summed E-state index contributed by atoms with van der Waals surface area (Å²) in [5.74, 6) is 0.857. The number of rotatable bonds is 4. The van der Waals surface area contributed by atoms with Gasteiger partial charge in [0.2, 0.25) is 0 Å². The minimum absolute atomic E-state index is 0.0691. The van der Waals surface area contributed by atoms with Gasteiger partial charge in [0.05, 0.1) is 0 Å². The van der Waals surface area contributed by atoms with Gasteiger partial charge in [-0.25, -0.2) is 0 Å². The highest BCUT2D eigenvalue weighted by molar-refractivity contribution is 7.98. The summed E-state index contributed by atoms with van der Waals surface area (Å²) in [4.78, 5) is 15.0. The Balaban J connectivity index is 1.88. The van der Waals surface area contributed by atoms with Crippen LogP contribution in [0.3, 0.4) is 0 Å². The van der Waals surface area contributed by atoms with E-state index in [0.29, 0.717) is 0 Å². The first-order valence-electron chi connectivity index (χ1n) is 6.55. The Morgan fingerprint density at radius 3 is 3.05 bits per heavy atom. The van der Waals surface area contributed by atoms with Crippen molar-refractivity contribution in [3.05, 3.63) is 24.3 Å². The van der Waals surface area contributed by atoms with Crippen molar-refractivity contribution in [2.24, 2.45) is 0 Å². The van der Waals surface area contributed by atoms with Crippen LogP contribution in [0.1, 0.15) is 6.42 Å². The van der Waals surface area contributed by atoms with Gasteiger partial charge < -0.3 is 15.0 Å². The van der Waals surface area contributed by atoms with Crippen molar-refractivity contribution in [1.29, 1.82) is 0 Å². The van der Waals surface area contributed by atoms with Crippen LogP contribution in [0, 0.1) is 0 Å². The predicted octanol–water partition coefficient (Wildman–Crippen LogP) is 1.61. The lowest BCUT2D eigenvalue weighted by atomic mass is 10.3. The van der Waals surface area contributed by atoms with Gasteiger partial charge >= 0.3 is 0 Å². The van der Waals surface area contributed by atoms with Crippen molar-refractivity contribution in [1.82, 2.24) is 10.2 Å². The number of para-hydroxylation sites is 1. The third-order valence-corrected chi connectivity index (χ3v) is 3.89. The van der Waals surface area contributed by atoms with E-state index in [4.69, 9.17) is 4.74 Å². The lowest BCUT2D eigenvalue weighted by molar-refractivity contribution is -0.133. The molecule has 5 heteroatoms. The van der Waals surface area contributed by atoms with Gasteiger partial charge in [-0.05, 0) is 31.4 Å². The summed E-state index contributed by atoms with van der Waals surface area (Å²) in [6.07, 6.45) is 3.01. The Hall–Kier alpha value is -1.20. The highest BCUT2D eigenvalue weighted by atomic mass is 32.2. The first-order chi connectivity index (χ1) is 9.31. The maximum absolute atomic E-state index is 12.1. The summed E-state index contributed by atoms with van der Waals surface area (Å²) in [7, 11) is 0. The average molecular weight is 280 g/mol. The molecule has 1 aliphatic rings. The first kappa shape index (κ1) is 14.2. The van der Waals surface area contributed by atoms with E-state index in [1.54, 1.807) is 11.8 Å². The Morgan fingerprint density at radius 1 is 1.37 bits per heavy atom. The first-order valence-corrected chi connectivity index (χ1v) is 7.78. The molecule has 1 fully saturated rings. The number of hydrogen-bond donors (Lipinski definition) is 1. The van der Waals surface area contributed by atoms with Crippen molar-refractivity contribution in [2.45, 2.75) is 11.3 Å². The number of amides is 1. The second-order valence-corrected chi connectivity index (χ2v) is 5.27. The van der Waals surface area contributed by atoms with E-state index in [1.165, 1.54) is 0 Å². The van der Waals surface area contributed by atoms with Crippen LogP contribution in [0.5, 0.6) is 5.75 Å². The van der Waals surface area contributed by atoms with Crippen LogP contribution < -0.4 is 10.1 Å². The van der Waals surface area contributed by atoms with Crippen LogP contribution in [0.2, 0.25) is 0 Å². The van der Waals surface area contributed by atoms with Gasteiger partial charge in [-0.1, -0.05) is 12.1 Å². The Morgan fingerprint density at radius 2 is 2.21 bits per heavy atom. The maximum Gasteiger partial charge on any atom is 0.260 e. The topological polar surface area (TPSA) is 41.6 Å². The summed E-state index contributed by atoms with van der Waals surface area (Å²) >= 11 is 1.63. The molecule has 0 radical (unpaired) electrons. The number of nitrogens with zero attached hydrogens (tertiary/aromatic N) is 1. The fourth-order valence-electron chi connectivity index (χ4n) is 2.06. The highest BCUT2D eigenvalue weighted by Crippen LogP contribution is 2.26. The average Bonchev–Trinajstić information content (AvgIpc) is 2.74. The largest absolute Gasteiger partial charge is 0.483 e. The zero-order chi connectivity index (χ0) is 13.5. The van der Waals surface area contributed by atoms with Crippen molar-refractivity contribution in [3.8, 4) is 5.75 Å². The van der Waals surface area contributed by atoms with Crippen molar-refractivity contribution in [3.63, 3.8) is 0 Å². The van der Waals surface area contributed by atoms with E-state index in [9.17, 15) is 4.79 Å². The van der Waals surface area contributed by atoms with Gasteiger partial charge in [-0.15, -0.1) is 11.8 Å². The number of carbonyl (C=O) groups is 1. The minimum Gasteiger partial charge on any atom is -0.483 e. The smallest absolute Gasteiger partial charge is 0.260 e. The van der Waals surface area contributed by atoms with Crippen LogP contribution in [0.15, 0.2) is 29.2 Å². The van der Waals surface area contributed by atoms with Gasteiger partial charge in [-0.2, -0.15) is 0 Å². The van der Waals surface area contributed by atoms with Crippen LogP contribution >= 0.6 is 11.8 Å². The number of carbonyl (C=O) groups excluding carboxylic acids is 1. The van der Waals surface area contributed by atoms with E-state index in [2.05, 4.69) is 5.32 Å². The Kier molecular flexibility index (Phi) is 5.54. The molecule has 0 atom stereocenters. The molecule has 0 aliphatic carbocycles. The second-order valence-electron chi connectivity index (χ2n) is 4.42. The van der Waals surface area contributed by atoms with Crippen LogP contribution in [0.25, 0.3) is 0 Å². The zero-order valence-electron chi connectivity index (χ0n) is 11.2. The quantitative estimate of drug-likeness (QED) is 0.851. The molecule has 0 spiro atoms. The van der Waals surface area contributed by atoms with Crippen molar-refractivity contribution < 1.29 is 9.53 Å². The number of benzene rings is 1. The summed E-state index contributed by atoms with van der Waals surface area (Å²) < 4.78 is 5.65. The number of ether oxygens (including phenoxy) is 1. The molecule has 19 heavy (non-hydrogen) atoms. The molecular weight excluding hydrogens is 260 g/mol. The van der Waals surface area contributed by atoms with Crippen LogP contribution in [0.4, 0.5) is 0 Å². The fraction of sp³-hybridized carbons (Fsp3) is 0.500. The second kappa shape index (κ2) is 7.40. The molecule has 2 rings (SSSR count). The Bertz CT molecular complexity index is 418. The van der Waals surface area contributed by atoms with E-state index in [0.717, 1.165) is 43.2 Å². The predicted molar refractivity (Wildman–Crippen MR) is 77.8 cm³/mol. The normalized spacial score (nSPS) is 15.9. The van der Waals surface area contributed by atoms with Gasteiger partial charge in [0, 0.05) is 24.5 Å². The van der Waals surface area contributed by atoms with Gasteiger partial charge in [-0.3, -0.25) is 4.79 Å². The highest BCUT2D eigenvalue weighted by Gasteiger charge is 2.16. The molecule has 0 unspecified atom stereocenters. The van der Waals surface area contributed by atoms with E-state index in [1.807, 2.05) is 35.4 Å². The molecule has 104 valence electrons. The van der Waals surface area contributed by atoms with Gasteiger partial charge in [0.25, 0.3) is 5.91 Å². The van der Waals surface area contributed by atoms with Gasteiger partial charge in [0.1, 0.15) is 5.75 Å². The summed E-state index contributed by atoms with van der Waals surface area (Å²) in [5.41, 5.74) is 0. The molecule has 4 nitrogen and oxygen atoms in total. The molecule has 1 aromatic carbocycles. The van der Waals surface area contributed by atoms with E-state index >= 15 is 0 Å². The zero-order valence-corrected chi connectivity index (χ0v) is 12.0. The fourth-order valence-corrected chi connectivity index (χ4v) is 2.61. The molecule has 1 heterocycles. The maximum atomic E-state index is 12.1. The molecule has 1 saturated heterocycles. The number of hydrogen-bond acceptors (Lipinski definition) is 4. The monoisotopic (exact) mass is 280 g/mol. The molecule has 1 N–H and O–H groups in total. The molecule has 1 amide bonds. The summed E-state index contributed by atoms with van der Waals surface area (Å²) in [5, 5.41) is 3.29. The lowest BCUT2D eigenvalue weighted by Crippen LogP contribution is -2.37. The van der Waals surface area contributed by atoms with Crippen LogP contribution in [-0.2, 0) is 4.79 Å². The van der Waals surface area contributed by atoms with Gasteiger partial charge in [0.15, 0.2) is 6.61 Å². The van der Waals surface area contributed by atoms with Crippen molar-refractivity contribution >= 4 is 17.7 Å². The molecule has 0 aromatic heterocycles. The molecule has 0 bridgehead atoms. The number of thioether (sulfide) groups is 1. The SMILES string of the molecule is CSc1ccccc1OCC(=O)N1CCCNCC1.